The molecule has 0 bridgehead atoms. The van der Waals surface area contributed by atoms with Gasteiger partial charge in [0.25, 0.3) is 5.95 Å². The van der Waals surface area contributed by atoms with E-state index in [4.69, 9.17) is 10.2 Å². The Kier molecular flexibility index (Phi) is 5.84. The largest absolute Gasteiger partial charge is 0.741 e. The molecule has 0 fully saturated rings. The first-order chi connectivity index (χ1) is 7.41. The Hall–Kier alpha value is -1.40. The van der Waals surface area contributed by atoms with Crippen molar-refractivity contribution in [2.24, 2.45) is 15.9 Å². The van der Waals surface area contributed by atoms with Crippen molar-refractivity contribution in [1.29, 1.82) is 0 Å². The molecule has 0 aromatic carbocycles. The molecule has 0 aliphatic rings. The van der Waals surface area contributed by atoms with Gasteiger partial charge in [0.15, 0.2) is 5.43 Å². The van der Waals surface area contributed by atoms with E-state index in [0.29, 0.717) is 5.76 Å². The second kappa shape index (κ2) is 6.37. The van der Waals surface area contributed by atoms with E-state index < -0.39 is 11.4 Å². The molecule has 3 N–H and O–H groups in total. The van der Waals surface area contributed by atoms with Gasteiger partial charge in [-0.15, -0.1) is 0 Å². The molecule has 0 aliphatic carbocycles. The Bertz CT molecular complexity index is 521. The summed E-state index contributed by atoms with van der Waals surface area (Å²) in [7, 11) is 0. The molecule has 96 valence electrons. The molecular weight excluding hydrogens is 289 g/mol. The van der Waals surface area contributed by atoms with E-state index in [1.54, 1.807) is 6.92 Å². The van der Waals surface area contributed by atoms with Crippen molar-refractivity contribution in [2.45, 2.75) is 13.8 Å². The number of aromatic hydroxyl groups is 1. The Morgan fingerprint density at radius 3 is 2.59 bits per heavy atom. The molecule has 1 rings (SSSR count). The SMILES string of the molecule is C/C(=N/N=C(/N)[S-])c1c(O)oc(C)cc1=O.[Ni]. The summed E-state index contributed by atoms with van der Waals surface area (Å²) in [5.74, 6) is -0.185. The van der Waals surface area contributed by atoms with Crippen LogP contribution in [0.4, 0.5) is 0 Å². The van der Waals surface area contributed by atoms with Crippen LogP contribution in [-0.2, 0) is 29.1 Å². The summed E-state index contributed by atoms with van der Waals surface area (Å²) in [4.78, 5) is 11.5. The molecule has 0 unspecified atom stereocenters. The Labute approximate surface area is 113 Å². The van der Waals surface area contributed by atoms with E-state index in [1.807, 2.05) is 0 Å². The molecule has 0 aliphatic heterocycles. The van der Waals surface area contributed by atoms with E-state index in [9.17, 15) is 9.90 Å². The third kappa shape index (κ3) is 4.16. The van der Waals surface area contributed by atoms with Crippen LogP contribution >= 0.6 is 0 Å². The molecule has 0 saturated carbocycles. The van der Waals surface area contributed by atoms with E-state index in [2.05, 4.69) is 22.8 Å². The minimum absolute atomic E-state index is 0. The average Bonchev–Trinajstić information content (AvgIpc) is 2.12. The minimum atomic E-state index is -0.496. The van der Waals surface area contributed by atoms with Crippen LogP contribution in [0.2, 0.25) is 0 Å². The van der Waals surface area contributed by atoms with Crippen LogP contribution in [0.15, 0.2) is 25.5 Å². The van der Waals surface area contributed by atoms with Crippen molar-refractivity contribution in [3.8, 4) is 5.95 Å². The zero-order chi connectivity index (χ0) is 12.3. The van der Waals surface area contributed by atoms with Gasteiger partial charge < -0.3 is 27.9 Å². The van der Waals surface area contributed by atoms with Crippen molar-refractivity contribution < 1.29 is 26.0 Å². The summed E-state index contributed by atoms with van der Waals surface area (Å²) in [5, 5.41) is 16.3. The van der Waals surface area contributed by atoms with Crippen LogP contribution in [0.3, 0.4) is 0 Å². The Balaban J connectivity index is 0.00000256. The molecule has 0 radical (unpaired) electrons. The van der Waals surface area contributed by atoms with Gasteiger partial charge in [-0.3, -0.25) is 4.79 Å². The average molecular weight is 299 g/mol. The fourth-order valence-corrected chi connectivity index (χ4v) is 1.14. The summed E-state index contributed by atoms with van der Waals surface area (Å²) >= 11 is 4.49. The van der Waals surface area contributed by atoms with Crippen molar-refractivity contribution in [1.82, 2.24) is 0 Å². The molecule has 6 nitrogen and oxygen atoms in total. The van der Waals surface area contributed by atoms with Gasteiger partial charge in [0.05, 0.1) is 5.71 Å². The third-order valence-corrected chi connectivity index (χ3v) is 1.79. The van der Waals surface area contributed by atoms with Gasteiger partial charge in [-0.2, -0.15) is 10.2 Å². The number of hydrogen-bond donors (Lipinski definition) is 2. The van der Waals surface area contributed by atoms with Crippen LogP contribution in [0, 0.1) is 6.92 Å². The molecular formula is C9H10N3NiO3S-. The molecule has 8 heteroatoms. The van der Waals surface area contributed by atoms with Crippen molar-refractivity contribution in [2.75, 3.05) is 0 Å². The zero-order valence-corrected chi connectivity index (χ0v) is 10.8. The molecule has 1 heterocycles. The fraction of sp³-hybridized carbons (Fsp3) is 0.222. The first-order valence-electron chi connectivity index (χ1n) is 4.30. The standard InChI is InChI=1S/C9H11N3O3S.Ni/c1-4-3-6(13)7(8(14)15-4)5(2)11-12-9(10)16;/h3,14H,1-2H3,(H3,10,12,16);/p-1/b11-5-;. The number of rotatable bonds is 2. The van der Waals surface area contributed by atoms with Gasteiger partial charge in [-0.25, -0.2) is 0 Å². The molecule has 0 amide bonds. The maximum absolute atomic E-state index is 11.5. The van der Waals surface area contributed by atoms with Crippen molar-refractivity contribution >= 4 is 23.5 Å². The normalized spacial score (nSPS) is 12.1. The smallest absolute Gasteiger partial charge is 0.295 e. The first-order valence-corrected chi connectivity index (χ1v) is 4.71. The van der Waals surface area contributed by atoms with E-state index >= 15 is 0 Å². The predicted octanol–water partition coefficient (Wildman–Crippen LogP) is 0.237. The molecule has 1 aromatic rings. The number of nitrogens with two attached hydrogens (primary N) is 1. The van der Waals surface area contributed by atoms with Gasteiger partial charge in [0.1, 0.15) is 11.3 Å². The number of hydrogen-bond acceptors (Lipinski definition) is 6. The zero-order valence-electron chi connectivity index (χ0n) is 9.04. The van der Waals surface area contributed by atoms with Gasteiger partial charge in [-0.1, -0.05) is 0 Å². The number of aryl methyl sites for hydroxylation is 1. The molecule has 1 aromatic heterocycles. The van der Waals surface area contributed by atoms with Gasteiger partial charge in [-0.05, 0) is 19.0 Å². The Morgan fingerprint density at radius 1 is 1.53 bits per heavy atom. The van der Waals surface area contributed by atoms with Gasteiger partial charge in [0, 0.05) is 22.6 Å². The first kappa shape index (κ1) is 15.6. The molecule has 0 atom stereocenters. The van der Waals surface area contributed by atoms with Crippen LogP contribution in [-0.4, -0.2) is 16.0 Å². The summed E-state index contributed by atoms with van der Waals surface area (Å²) < 4.78 is 4.89. The fourth-order valence-electron chi connectivity index (χ4n) is 1.10. The topological polar surface area (TPSA) is 101 Å². The van der Waals surface area contributed by atoms with Crippen LogP contribution in [0.1, 0.15) is 18.2 Å². The van der Waals surface area contributed by atoms with Crippen molar-refractivity contribution in [3.63, 3.8) is 0 Å². The number of amidine groups is 1. The molecule has 17 heavy (non-hydrogen) atoms. The third-order valence-electron chi connectivity index (χ3n) is 1.71. The van der Waals surface area contributed by atoms with Crippen LogP contribution in [0.5, 0.6) is 5.95 Å². The second-order valence-corrected chi connectivity index (χ2v) is 3.44. The van der Waals surface area contributed by atoms with Gasteiger partial charge in [0.2, 0.25) is 0 Å². The summed E-state index contributed by atoms with van der Waals surface area (Å²) in [6.45, 7) is 3.04. The predicted molar refractivity (Wildman–Crippen MR) is 62.6 cm³/mol. The van der Waals surface area contributed by atoms with E-state index in [1.165, 1.54) is 13.0 Å². The summed E-state index contributed by atoms with van der Waals surface area (Å²) in [5.41, 5.74) is 4.84. The summed E-state index contributed by atoms with van der Waals surface area (Å²) in [6.07, 6.45) is 0. The number of nitrogens with zero attached hydrogens (tertiary/aromatic N) is 2. The van der Waals surface area contributed by atoms with E-state index in [0.717, 1.165) is 0 Å². The van der Waals surface area contributed by atoms with Crippen LogP contribution < -0.4 is 11.2 Å². The monoisotopic (exact) mass is 298 g/mol. The minimum Gasteiger partial charge on any atom is -0.741 e. The quantitative estimate of drug-likeness (QED) is 0.268. The summed E-state index contributed by atoms with van der Waals surface area (Å²) in [6, 6.07) is 1.24. The molecule has 0 saturated heterocycles. The van der Waals surface area contributed by atoms with E-state index in [-0.39, 0.29) is 32.9 Å². The molecule has 0 spiro atoms. The van der Waals surface area contributed by atoms with Crippen molar-refractivity contribution in [3.05, 3.63) is 27.6 Å². The Morgan fingerprint density at radius 2 is 2.12 bits per heavy atom. The maximum atomic E-state index is 11.5. The second-order valence-electron chi connectivity index (χ2n) is 3.03. The maximum Gasteiger partial charge on any atom is 0.295 e. The van der Waals surface area contributed by atoms with Crippen LogP contribution in [0.25, 0.3) is 0 Å². The van der Waals surface area contributed by atoms with Gasteiger partial charge >= 0.3 is 0 Å².